The molecule has 0 radical (unpaired) electrons. The molecule has 0 aromatic rings. The van der Waals surface area contributed by atoms with Crippen molar-refractivity contribution >= 4 is 11.9 Å². The van der Waals surface area contributed by atoms with Gasteiger partial charge in [-0.3, -0.25) is 9.59 Å². The van der Waals surface area contributed by atoms with Crippen molar-refractivity contribution in [3.8, 4) is 0 Å². The van der Waals surface area contributed by atoms with Crippen molar-refractivity contribution in [3.05, 3.63) is 11.1 Å². The van der Waals surface area contributed by atoms with Gasteiger partial charge in [0.25, 0.3) is 0 Å². The van der Waals surface area contributed by atoms with E-state index in [1.807, 2.05) is 0 Å². The van der Waals surface area contributed by atoms with E-state index in [0.29, 0.717) is 12.8 Å². The number of carboxylic acid groups (broad SMARTS) is 2. The Kier molecular flexibility index (Phi) is 11.3. The Morgan fingerprint density at radius 2 is 1.04 bits per heavy atom. The Morgan fingerprint density at radius 3 is 1.35 bits per heavy atom. The zero-order chi connectivity index (χ0) is 19.4. The molecule has 0 saturated heterocycles. The first-order valence-corrected chi connectivity index (χ1v) is 10.7. The van der Waals surface area contributed by atoms with E-state index in [1.54, 1.807) is 0 Å². The SMILES string of the molecule is CCCCCCCC1=C(CCCCCCC)CC(C(=O)O)C(C(=O)O)C1. The van der Waals surface area contributed by atoms with E-state index in [2.05, 4.69) is 13.8 Å². The summed E-state index contributed by atoms with van der Waals surface area (Å²) in [5.41, 5.74) is 2.50. The van der Waals surface area contributed by atoms with E-state index < -0.39 is 23.8 Å². The van der Waals surface area contributed by atoms with Gasteiger partial charge in [-0.1, -0.05) is 76.4 Å². The molecule has 1 rings (SSSR count). The number of hydrogen-bond acceptors (Lipinski definition) is 2. The van der Waals surface area contributed by atoms with Crippen LogP contribution in [0.15, 0.2) is 11.1 Å². The van der Waals surface area contributed by atoms with E-state index in [-0.39, 0.29) is 0 Å². The summed E-state index contributed by atoms with van der Waals surface area (Å²) in [4.78, 5) is 23.2. The quantitative estimate of drug-likeness (QED) is 0.283. The Labute approximate surface area is 159 Å². The lowest BCUT2D eigenvalue weighted by atomic mass is 9.73. The molecule has 4 heteroatoms. The van der Waals surface area contributed by atoms with Gasteiger partial charge in [0.1, 0.15) is 0 Å². The van der Waals surface area contributed by atoms with Crippen LogP contribution in [-0.2, 0) is 9.59 Å². The van der Waals surface area contributed by atoms with Crippen molar-refractivity contribution in [1.82, 2.24) is 0 Å². The first-order chi connectivity index (χ1) is 12.5. The molecule has 0 fully saturated rings. The van der Waals surface area contributed by atoms with E-state index in [9.17, 15) is 19.8 Å². The van der Waals surface area contributed by atoms with Gasteiger partial charge in [0.2, 0.25) is 0 Å². The summed E-state index contributed by atoms with van der Waals surface area (Å²) in [6, 6.07) is 0. The molecular weight excluding hydrogens is 328 g/mol. The third-order valence-corrected chi connectivity index (χ3v) is 5.72. The molecule has 2 unspecified atom stereocenters. The fraction of sp³-hybridized carbons (Fsp3) is 0.818. The maximum absolute atomic E-state index is 11.6. The van der Waals surface area contributed by atoms with Gasteiger partial charge in [-0.15, -0.1) is 0 Å². The highest BCUT2D eigenvalue weighted by Crippen LogP contribution is 2.39. The zero-order valence-corrected chi connectivity index (χ0v) is 16.8. The minimum Gasteiger partial charge on any atom is -0.481 e. The summed E-state index contributed by atoms with van der Waals surface area (Å²) in [7, 11) is 0. The normalized spacial score (nSPS) is 20.4. The van der Waals surface area contributed by atoms with E-state index >= 15 is 0 Å². The van der Waals surface area contributed by atoms with Crippen LogP contribution in [0.25, 0.3) is 0 Å². The van der Waals surface area contributed by atoms with Crippen LogP contribution < -0.4 is 0 Å². The van der Waals surface area contributed by atoms with Gasteiger partial charge in [-0.25, -0.2) is 0 Å². The Balaban J connectivity index is 2.74. The van der Waals surface area contributed by atoms with Crippen LogP contribution in [0.4, 0.5) is 0 Å². The van der Waals surface area contributed by atoms with Crippen molar-refractivity contribution in [2.75, 3.05) is 0 Å². The molecule has 150 valence electrons. The second-order valence-electron chi connectivity index (χ2n) is 7.83. The molecule has 0 spiro atoms. The van der Waals surface area contributed by atoms with Crippen molar-refractivity contribution in [1.29, 1.82) is 0 Å². The topological polar surface area (TPSA) is 74.6 Å². The number of rotatable bonds is 14. The van der Waals surface area contributed by atoms with Gasteiger partial charge in [-0.05, 0) is 38.5 Å². The van der Waals surface area contributed by atoms with E-state index in [0.717, 1.165) is 25.7 Å². The summed E-state index contributed by atoms with van der Waals surface area (Å²) < 4.78 is 0. The van der Waals surface area contributed by atoms with Crippen molar-refractivity contribution in [2.45, 2.75) is 104 Å². The third-order valence-electron chi connectivity index (χ3n) is 5.72. The van der Waals surface area contributed by atoms with Gasteiger partial charge >= 0.3 is 11.9 Å². The molecule has 0 saturated carbocycles. The van der Waals surface area contributed by atoms with Gasteiger partial charge in [-0.2, -0.15) is 0 Å². The highest BCUT2D eigenvalue weighted by molar-refractivity contribution is 5.81. The zero-order valence-electron chi connectivity index (χ0n) is 16.8. The summed E-state index contributed by atoms with van der Waals surface area (Å²) in [5, 5.41) is 19.0. The molecular formula is C22H38O4. The molecule has 0 bridgehead atoms. The lowest BCUT2D eigenvalue weighted by Gasteiger charge is -2.30. The first-order valence-electron chi connectivity index (χ1n) is 10.7. The highest BCUT2D eigenvalue weighted by Gasteiger charge is 2.38. The van der Waals surface area contributed by atoms with Crippen LogP contribution in [0, 0.1) is 11.8 Å². The molecule has 26 heavy (non-hydrogen) atoms. The number of carboxylic acids is 2. The van der Waals surface area contributed by atoms with Gasteiger partial charge < -0.3 is 10.2 Å². The summed E-state index contributed by atoms with van der Waals surface area (Å²) in [6.07, 6.45) is 14.7. The predicted molar refractivity (Wildman–Crippen MR) is 105 cm³/mol. The van der Waals surface area contributed by atoms with Crippen molar-refractivity contribution in [2.24, 2.45) is 11.8 Å². The average Bonchev–Trinajstić information content (AvgIpc) is 2.61. The van der Waals surface area contributed by atoms with E-state index in [1.165, 1.54) is 62.5 Å². The summed E-state index contributed by atoms with van der Waals surface area (Å²) in [5.74, 6) is -3.44. The Morgan fingerprint density at radius 1 is 0.692 bits per heavy atom. The summed E-state index contributed by atoms with van der Waals surface area (Å²) in [6.45, 7) is 4.40. The molecule has 0 amide bonds. The largest absolute Gasteiger partial charge is 0.481 e. The molecule has 0 aliphatic heterocycles. The number of allylic oxidation sites excluding steroid dienone is 2. The second kappa shape index (κ2) is 12.9. The predicted octanol–water partition coefficient (Wildman–Crippen LogP) is 6.20. The standard InChI is InChI=1S/C22H38O4/c1-3-5-7-9-11-13-17-15-19(21(23)24)20(22(25)26)16-18(17)14-12-10-8-6-4-2/h19-20H,3-16H2,1-2H3,(H,23,24)(H,25,26). The van der Waals surface area contributed by atoms with Crippen LogP contribution in [0.5, 0.6) is 0 Å². The monoisotopic (exact) mass is 366 g/mol. The molecule has 0 aromatic carbocycles. The second-order valence-corrected chi connectivity index (χ2v) is 7.83. The average molecular weight is 367 g/mol. The van der Waals surface area contributed by atoms with Crippen LogP contribution in [-0.4, -0.2) is 22.2 Å². The van der Waals surface area contributed by atoms with Crippen molar-refractivity contribution in [3.63, 3.8) is 0 Å². The lowest BCUT2D eigenvalue weighted by molar-refractivity contribution is -0.154. The van der Waals surface area contributed by atoms with Crippen LogP contribution in [0.1, 0.15) is 104 Å². The molecule has 2 atom stereocenters. The Hall–Kier alpha value is -1.32. The van der Waals surface area contributed by atoms with Crippen LogP contribution in [0.2, 0.25) is 0 Å². The maximum Gasteiger partial charge on any atom is 0.307 e. The fourth-order valence-corrected chi connectivity index (χ4v) is 4.06. The highest BCUT2D eigenvalue weighted by atomic mass is 16.4. The minimum absolute atomic E-state index is 0.435. The number of hydrogen-bond donors (Lipinski definition) is 2. The molecule has 4 nitrogen and oxygen atoms in total. The number of unbranched alkanes of at least 4 members (excludes halogenated alkanes) is 8. The lowest BCUT2D eigenvalue weighted by Crippen LogP contribution is -2.33. The minimum atomic E-state index is -0.956. The molecule has 0 aromatic heterocycles. The van der Waals surface area contributed by atoms with Crippen LogP contribution in [0.3, 0.4) is 0 Å². The fourth-order valence-electron chi connectivity index (χ4n) is 4.06. The summed E-state index contributed by atoms with van der Waals surface area (Å²) >= 11 is 0. The third kappa shape index (κ3) is 7.92. The number of carbonyl (C=O) groups is 2. The molecule has 0 heterocycles. The molecule has 1 aliphatic rings. The van der Waals surface area contributed by atoms with Crippen molar-refractivity contribution < 1.29 is 19.8 Å². The van der Waals surface area contributed by atoms with Gasteiger partial charge in [0.15, 0.2) is 0 Å². The molecule has 2 N–H and O–H groups in total. The smallest absolute Gasteiger partial charge is 0.307 e. The Bertz CT molecular complexity index is 425. The maximum atomic E-state index is 11.6. The molecule has 1 aliphatic carbocycles. The first kappa shape index (κ1) is 22.7. The van der Waals surface area contributed by atoms with Crippen LogP contribution >= 0.6 is 0 Å². The number of aliphatic carboxylic acids is 2. The van der Waals surface area contributed by atoms with E-state index in [4.69, 9.17) is 0 Å². The van der Waals surface area contributed by atoms with Gasteiger partial charge in [0.05, 0.1) is 11.8 Å². The van der Waals surface area contributed by atoms with Gasteiger partial charge in [0, 0.05) is 0 Å².